The molecule has 5 heteroatoms. The highest BCUT2D eigenvalue weighted by atomic mass is 16.3. The molecule has 0 radical (unpaired) electrons. The van der Waals surface area contributed by atoms with Crippen LogP contribution in [0.15, 0.2) is 0 Å². The molecule has 90 valence electrons. The topological polar surface area (TPSA) is 81.6 Å². The number of aliphatic hydroxyl groups is 2. The molecule has 0 aromatic rings. The van der Waals surface area contributed by atoms with Crippen molar-refractivity contribution >= 4 is 5.91 Å². The zero-order chi connectivity index (χ0) is 12.1. The molecule has 0 rings (SSSR count). The quantitative estimate of drug-likeness (QED) is 0.488. The van der Waals surface area contributed by atoms with Crippen LogP contribution in [0, 0.1) is 0 Å². The molecule has 0 spiro atoms. The first-order chi connectivity index (χ1) is 6.66. The highest BCUT2D eigenvalue weighted by Crippen LogP contribution is 1.99. The number of carbonyl (C=O) groups is 1. The van der Waals surface area contributed by atoms with E-state index in [9.17, 15) is 9.90 Å². The first kappa shape index (κ1) is 14.3. The van der Waals surface area contributed by atoms with Gasteiger partial charge in [0.25, 0.3) is 0 Å². The van der Waals surface area contributed by atoms with Gasteiger partial charge in [0.1, 0.15) is 5.60 Å². The van der Waals surface area contributed by atoms with Gasteiger partial charge in [-0.25, -0.2) is 0 Å². The molecule has 15 heavy (non-hydrogen) atoms. The predicted octanol–water partition coefficient (Wildman–Crippen LogP) is -0.766. The molecular formula is C10H22N2O3. The molecule has 0 aliphatic carbocycles. The van der Waals surface area contributed by atoms with Crippen LogP contribution in [0.3, 0.4) is 0 Å². The van der Waals surface area contributed by atoms with Gasteiger partial charge in [-0.15, -0.1) is 0 Å². The summed E-state index contributed by atoms with van der Waals surface area (Å²) in [7, 11) is 0. The van der Waals surface area contributed by atoms with E-state index in [-0.39, 0.29) is 31.1 Å². The van der Waals surface area contributed by atoms with Crippen molar-refractivity contribution in [2.75, 3.05) is 19.7 Å². The van der Waals surface area contributed by atoms with E-state index in [0.29, 0.717) is 0 Å². The maximum absolute atomic E-state index is 11.3. The lowest BCUT2D eigenvalue weighted by atomic mass is 10.1. The molecule has 0 heterocycles. The molecule has 1 unspecified atom stereocenters. The van der Waals surface area contributed by atoms with E-state index in [1.165, 1.54) is 6.92 Å². The zero-order valence-corrected chi connectivity index (χ0v) is 9.92. The van der Waals surface area contributed by atoms with Crippen molar-refractivity contribution < 1.29 is 15.0 Å². The van der Waals surface area contributed by atoms with Crippen molar-refractivity contribution in [1.29, 1.82) is 0 Å². The highest BCUT2D eigenvalue weighted by Gasteiger charge is 2.20. The number of hydrogen-bond acceptors (Lipinski definition) is 4. The van der Waals surface area contributed by atoms with E-state index >= 15 is 0 Å². The standard InChI is InChI=1S/C10H22N2O3/c1-9(2,3)12-5-8(14)11-6-10(4,15)7-13/h12-13,15H,5-7H2,1-4H3,(H,11,14). The zero-order valence-electron chi connectivity index (χ0n) is 9.92. The van der Waals surface area contributed by atoms with Crippen molar-refractivity contribution in [1.82, 2.24) is 10.6 Å². The van der Waals surface area contributed by atoms with Crippen LogP contribution in [-0.4, -0.2) is 47.0 Å². The van der Waals surface area contributed by atoms with Crippen molar-refractivity contribution in [2.45, 2.75) is 38.8 Å². The van der Waals surface area contributed by atoms with E-state index in [0.717, 1.165) is 0 Å². The molecule has 1 amide bonds. The van der Waals surface area contributed by atoms with Crippen LogP contribution >= 0.6 is 0 Å². The molecule has 0 bridgehead atoms. The Morgan fingerprint density at radius 1 is 1.27 bits per heavy atom. The summed E-state index contributed by atoms with van der Waals surface area (Å²) in [4.78, 5) is 11.3. The van der Waals surface area contributed by atoms with Gasteiger partial charge in [0.2, 0.25) is 5.91 Å². The van der Waals surface area contributed by atoms with Crippen molar-refractivity contribution in [2.24, 2.45) is 0 Å². The van der Waals surface area contributed by atoms with Crippen molar-refractivity contribution in [3.63, 3.8) is 0 Å². The third-order valence-corrected chi connectivity index (χ3v) is 1.79. The van der Waals surface area contributed by atoms with Gasteiger partial charge in [-0.05, 0) is 27.7 Å². The molecule has 0 aliphatic heterocycles. The fourth-order valence-corrected chi connectivity index (χ4v) is 0.753. The van der Waals surface area contributed by atoms with Crippen LogP contribution in [0.4, 0.5) is 0 Å². The van der Waals surface area contributed by atoms with Crippen LogP contribution < -0.4 is 10.6 Å². The molecule has 0 aromatic heterocycles. The number of hydrogen-bond donors (Lipinski definition) is 4. The van der Waals surface area contributed by atoms with E-state index in [2.05, 4.69) is 10.6 Å². The van der Waals surface area contributed by atoms with E-state index in [4.69, 9.17) is 5.11 Å². The minimum absolute atomic E-state index is 0.0498. The summed E-state index contributed by atoms with van der Waals surface area (Å²) in [5, 5.41) is 23.7. The van der Waals surface area contributed by atoms with Crippen molar-refractivity contribution in [3.05, 3.63) is 0 Å². The number of amides is 1. The van der Waals surface area contributed by atoms with Crippen LogP contribution in [-0.2, 0) is 4.79 Å². The predicted molar refractivity (Wildman–Crippen MR) is 58.5 cm³/mol. The second-order valence-electron chi connectivity index (χ2n) is 5.04. The molecule has 0 fully saturated rings. The Bertz CT molecular complexity index is 209. The number of carbonyl (C=O) groups excluding carboxylic acids is 1. The molecule has 5 nitrogen and oxygen atoms in total. The molecule has 0 saturated carbocycles. The normalized spacial score (nSPS) is 15.9. The number of rotatable bonds is 5. The maximum Gasteiger partial charge on any atom is 0.234 e. The van der Waals surface area contributed by atoms with Crippen LogP contribution in [0.5, 0.6) is 0 Å². The van der Waals surface area contributed by atoms with Gasteiger partial charge < -0.3 is 20.8 Å². The Morgan fingerprint density at radius 3 is 2.20 bits per heavy atom. The van der Waals surface area contributed by atoms with Gasteiger partial charge in [-0.2, -0.15) is 0 Å². The number of nitrogens with one attached hydrogen (secondary N) is 2. The van der Waals surface area contributed by atoms with Gasteiger partial charge in [0, 0.05) is 12.1 Å². The molecule has 0 aromatic carbocycles. The van der Waals surface area contributed by atoms with Gasteiger partial charge >= 0.3 is 0 Å². The molecular weight excluding hydrogens is 196 g/mol. The minimum atomic E-state index is -1.25. The Morgan fingerprint density at radius 2 is 1.80 bits per heavy atom. The molecule has 0 aliphatic rings. The summed E-state index contributed by atoms with van der Waals surface area (Å²) in [6.45, 7) is 7.22. The lowest BCUT2D eigenvalue weighted by Gasteiger charge is -2.23. The third-order valence-electron chi connectivity index (χ3n) is 1.79. The van der Waals surface area contributed by atoms with Crippen molar-refractivity contribution in [3.8, 4) is 0 Å². The van der Waals surface area contributed by atoms with Crippen LogP contribution in [0.1, 0.15) is 27.7 Å². The van der Waals surface area contributed by atoms with Gasteiger partial charge in [0.15, 0.2) is 0 Å². The Kier molecular flexibility index (Phi) is 5.20. The van der Waals surface area contributed by atoms with Gasteiger partial charge in [-0.3, -0.25) is 4.79 Å². The van der Waals surface area contributed by atoms with Crippen LogP contribution in [0.2, 0.25) is 0 Å². The Hall–Kier alpha value is -0.650. The fraction of sp³-hybridized carbons (Fsp3) is 0.900. The lowest BCUT2D eigenvalue weighted by Crippen LogP contribution is -2.48. The second kappa shape index (κ2) is 5.44. The van der Waals surface area contributed by atoms with Gasteiger partial charge in [0.05, 0.1) is 13.2 Å². The Labute approximate surface area is 90.9 Å². The van der Waals surface area contributed by atoms with E-state index in [1.807, 2.05) is 20.8 Å². The fourth-order valence-electron chi connectivity index (χ4n) is 0.753. The largest absolute Gasteiger partial charge is 0.393 e. The summed E-state index contributed by atoms with van der Waals surface area (Å²) in [6.07, 6.45) is 0. The minimum Gasteiger partial charge on any atom is -0.393 e. The molecule has 4 N–H and O–H groups in total. The molecule has 1 atom stereocenters. The lowest BCUT2D eigenvalue weighted by molar-refractivity contribution is -0.122. The van der Waals surface area contributed by atoms with Gasteiger partial charge in [-0.1, -0.05) is 0 Å². The SMILES string of the molecule is CC(O)(CO)CNC(=O)CNC(C)(C)C. The molecule has 0 saturated heterocycles. The van der Waals surface area contributed by atoms with E-state index in [1.54, 1.807) is 0 Å². The average Bonchev–Trinajstić information content (AvgIpc) is 2.10. The third kappa shape index (κ3) is 8.35. The summed E-state index contributed by atoms with van der Waals surface area (Å²) in [5.41, 5.74) is -1.37. The maximum atomic E-state index is 11.3. The smallest absolute Gasteiger partial charge is 0.234 e. The summed E-state index contributed by atoms with van der Waals surface area (Å²) in [5.74, 6) is -0.196. The summed E-state index contributed by atoms with van der Waals surface area (Å²) >= 11 is 0. The Balaban J connectivity index is 3.77. The van der Waals surface area contributed by atoms with E-state index < -0.39 is 5.60 Å². The first-order valence-corrected chi connectivity index (χ1v) is 5.01. The first-order valence-electron chi connectivity index (χ1n) is 5.01. The summed E-state index contributed by atoms with van der Waals surface area (Å²) < 4.78 is 0. The summed E-state index contributed by atoms with van der Waals surface area (Å²) in [6, 6.07) is 0. The van der Waals surface area contributed by atoms with Crippen LogP contribution in [0.25, 0.3) is 0 Å². The number of aliphatic hydroxyl groups excluding tert-OH is 1. The monoisotopic (exact) mass is 218 g/mol. The average molecular weight is 218 g/mol. The highest BCUT2D eigenvalue weighted by molar-refractivity contribution is 5.78. The second-order valence-corrected chi connectivity index (χ2v) is 5.04.